The van der Waals surface area contributed by atoms with E-state index < -0.39 is 5.97 Å². The summed E-state index contributed by atoms with van der Waals surface area (Å²) in [5, 5.41) is 12.7. The van der Waals surface area contributed by atoms with E-state index in [1.54, 1.807) is 6.92 Å². The van der Waals surface area contributed by atoms with Crippen LogP contribution in [0.5, 0.6) is 0 Å². The molecule has 3 rings (SSSR count). The Hall–Kier alpha value is -3.84. The number of carbonyl (C=O) groups excluding carboxylic acids is 2. The zero-order chi connectivity index (χ0) is 23.3. The smallest absolute Gasteiger partial charge is 0.343 e. The molecule has 1 amide bonds. The first-order valence-electron chi connectivity index (χ1n) is 9.77. The van der Waals surface area contributed by atoms with Crippen LogP contribution in [0.1, 0.15) is 34.1 Å². The highest BCUT2D eigenvalue weighted by atomic mass is 32.2. The van der Waals surface area contributed by atoms with Gasteiger partial charge >= 0.3 is 5.97 Å². The highest BCUT2D eigenvalue weighted by molar-refractivity contribution is 7.99. The summed E-state index contributed by atoms with van der Waals surface area (Å²) in [5.74, 6) is -0.551. The van der Waals surface area contributed by atoms with Crippen molar-refractivity contribution in [1.82, 2.24) is 14.5 Å². The van der Waals surface area contributed by atoms with Crippen molar-refractivity contribution >= 4 is 35.3 Å². The molecule has 0 bridgehead atoms. The van der Waals surface area contributed by atoms with E-state index in [4.69, 9.17) is 10.5 Å². The minimum Gasteiger partial charge on any atom is -0.462 e. The highest BCUT2D eigenvalue weighted by Gasteiger charge is 2.21. The van der Waals surface area contributed by atoms with Crippen molar-refractivity contribution in [2.24, 2.45) is 0 Å². The Morgan fingerprint density at radius 3 is 2.62 bits per heavy atom. The molecule has 0 unspecified atom stereocenters. The van der Waals surface area contributed by atoms with Crippen LogP contribution in [0.2, 0.25) is 0 Å². The maximum absolute atomic E-state index is 12.7. The highest BCUT2D eigenvalue weighted by Crippen LogP contribution is 2.30. The third-order valence-electron chi connectivity index (χ3n) is 4.72. The predicted octanol–water partition coefficient (Wildman–Crippen LogP) is 3.25. The average molecular weight is 451 g/mol. The van der Waals surface area contributed by atoms with Crippen LogP contribution in [0.25, 0.3) is 5.69 Å². The lowest BCUT2D eigenvalue weighted by atomic mass is 10.2. The molecular formula is C22H22N6O3S. The van der Waals surface area contributed by atoms with Gasteiger partial charge in [0.2, 0.25) is 5.91 Å². The number of hydrogen-bond donors (Lipinski definition) is 2. The fourth-order valence-electron chi connectivity index (χ4n) is 3.07. The van der Waals surface area contributed by atoms with Gasteiger partial charge in [0.25, 0.3) is 0 Å². The Bertz CT molecular complexity index is 1200. The summed E-state index contributed by atoms with van der Waals surface area (Å²) in [4.78, 5) is 32.6. The number of aromatic nitrogens is 3. The van der Waals surface area contributed by atoms with Gasteiger partial charge in [-0.15, -0.1) is 0 Å². The number of esters is 1. The molecule has 3 aromatic rings. The van der Waals surface area contributed by atoms with Gasteiger partial charge in [0, 0.05) is 17.6 Å². The molecule has 0 spiro atoms. The molecular weight excluding hydrogens is 428 g/mol. The molecule has 164 valence electrons. The Morgan fingerprint density at radius 1 is 1.28 bits per heavy atom. The van der Waals surface area contributed by atoms with Crippen molar-refractivity contribution in [3.63, 3.8) is 0 Å². The van der Waals surface area contributed by atoms with Gasteiger partial charge in [0.1, 0.15) is 23.3 Å². The normalized spacial score (nSPS) is 10.4. The van der Waals surface area contributed by atoms with Gasteiger partial charge < -0.3 is 15.8 Å². The topological polar surface area (TPSA) is 136 Å². The third kappa shape index (κ3) is 4.73. The molecule has 2 aromatic heterocycles. The van der Waals surface area contributed by atoms with Gasteiger partial charge in [0.05, 0.1) is 17.9 Å². The van der Waals surface area contributed by atoms with E-state index in [0.717, 1.165) is 28.7 Å². The number of ether oxygens (including phenoxy) is 1. The first-order valence-corrected chi connectivity index (χ1v) is 10.8. The molecule has 0 aliphatic rings. The van der Waals surface area contributed by atoms with Crippen molar-refractivity contribution in [3.05, 3.63) is 58.9 Å². The number of carbonyl (C=O) groups is 2. The molecule has 9 nitrogen and oxygen atoms in total. The van der Waals surface area contributed by atoms with Gasteiger partial charge in [-0.3, -0.25) is 9.36 Å². The van der Waals surface area contributed by atoms with Crippen molar-refractivity contribution in [3.8, 4) is 11.8 Å². The Kier molecular flexibility index (Phi) is 7.12. The fourth-order valence-corrected chi connectivity index (χ4v) is 3.70. The third-order valence-corrected chi connectivity index (χ3v) is 5.58. The molecule has 2 heterocycles. The van der Waals surface area contributed by atoms with Gasteiger partial charge in [-0.2, -0.15) is 5.26 Å². The fraction of sp³-hybridized carbons (Fsp3) is 0.227. The van der Waals surface area contributed by atoms with E-state index in [1.165, 1.54) is 6.20 Å². The van der Waals surface area contributed by atoms with Crippen molar-refractivity contribution in [2.75, 3.05) is 23.4 Å². The van der Waals surface area contributed by atoms with E-state index in [1.807, 2.05) is 48.7 Å². The molecule has 0 saturated carbocycles. The van der Waals surface area contributed by atoms with Crippen LogP contribution in [-0.4, -0.2) is 38.8 Å². The maximum Gasteiger partial charge on any atom is 0.343 e. The summed E-state index contributed by atoms with van der Waals surface area (Å²) in [7, 11) is 0. The number of para-hydroxylation sites is 1. The molecule has 0 aliphatic carbocycles. The molecule has 0 fully saturated rings. The van der Waals surface area contributed by atoms with Crippen molar-refractivity contribution in [2.45, 2.75) is 25.9 Å². The second-order valence-electron chi connectivity index (χ2n) is 6.73. The second-order valence-corrected chi connectivity index (χ2v) is 7.67. The van der Waals surface area contributed by atoms with E-state index in [0.29, 0.717) is 11.4 Å². The Balaban J connectivity index is 1.77. The lowest BCUT2D eigenvalue weighted by Gasteiger charge is -2.13. The molecule has 0 radical (unpaired) electrons. The summed E-state index contributed by atoms with van der Waals surface area (Å²) in [6.45, 7) is 5.64. The number of amides is 1. The average Bonchev–Trinajstić information content (AvgIpc) is 3.02. The molecule has 0 saturated heterocycles. The van der Waals surface area contributed by atoms with Crippen molar-refractivity contribution < 1.29 is 14.3 Å². The molecule has 10 heteroatoms. The predicted molar refractivity (Wildman–Crippen MR) is 122 cm³/mol. The first-order chi connectivity index (χ1) is 15.4. The number of thioether (sulfide) groups is 1. The number of rotatable bonds is 7. The summed E-state index contributed by atoms with van der Waals surface area (Å²) < 4.78 is 6.74. The van der Waals surface area contributed by atoms with Gasteiger partial charge in [-0.1, -0.05) is 30.0 Å². The van der Waals surface area contributed by atoms with Crippen LogP contribution in [0.4, 0.5) is 11.6 Å². The second kappa shape index (κ2) is 9.98. The molecule has 32 heavy (non-hydrogen) atoms. The lowest BCUT2D eigenvalue weighted by molar-refractivity contribution is -0.113. The molecule has 3 N–H and O–H groups in total. The number of nitrogens with two attached hydrogens (primary N) is 1. The SMILES string of the molecule is CCOC(=O)c1cnc(SCC(=O)Nc2c(C#N)c(C)c(C)n2-c2ccccc2)nc1N. The largest absolute Gasteiger partial charge is 0.462 e. The summed E-state index contributed by atoms with van der Waals surface area (Å²) in [5.41, 5.74) is 8.80. The molecule has 0 atom stereocenters. The first kappa shape index (κ1) is 22.8. The monoisotopic (exact) mass is 450 g/mol. The molecule has 0 aliphatic heterocycles. The minimum atomic E-state index is -0.601. The van der Waals surface area contributed by atoms with Gasteiger partial charge in [-0.25, -0.2) is 14.8 Å². The van der Waals surface area contributed by atoms with Gasteiger partial charge in [0.15, 0.2) is 5.16 Å². The van der Waals surface area contributed by atoms with E-state index in [9.17, 15) is 14.9 Å². The summed E-state index contributed by atoms with van der Waals surface area (Å²) in [6, 6.07) is 11.7. The zero-order valence-corrected chi connectivity index (χ0v) is 18.7. The number of anilines is 2. The van der Waals surface area contributed by atoms with E-state index in [-0.39, 0.29) is 34.8 Å². The van der Waals surface area contributed by atoms with Crippen LogP contribution >= 0.6 is 11.8 Å². The van der Waals surface area contributed by atoms with Crippen LogP contribution < -0.4 is 11.1 Å². The maximum atomic E-state index is 12.7. The number of nitrogens with one attached hydrogen (secondary N) is 1. The number of nitrogen functional groups attached to an aromatic ring is 1. The van der Waals surface area contributed by atoms with Crippen LogP contribution in [-0.2, 0) is 9.53 Å². The number of hydrogen-bond acceptors (Lipinski definition) is 8. The lowest BCUT2D eigenvalue weighted by Crippen LogP contribution is -2.18. The number of nitriles is 1. The summed E-state index contributed by atoms with van der Waals surface area (Å²) in [6.07, 6.45) is 1.28. The zero-order valence-electron chi connectivity index (χ0n) is 17.9. The summed E-state index contributed by atoms with van der Waals surface area (Å²) >= 11 is 1.06. The van der Waals surface area contributed by atoms with Crippen molar-refractivity contribution in [1.29, 1.82) is 5.26 Å². The van der Waals surface area contributed by atoms with Gasteiger partial charge in [-0.05, 0) is 38.5 Å². The molecule has 1 aromatic carbocycles. The number of nitrogens with zero attached hydrogens (tertiary/aromatic N) is 4. The Morgan fingerprint density at radius 2 is 2.00 bits per heavy atom. The van der Waals surface area contributed by atoms with E-state index in [2.05, 4.69) is 21.4 Å². The number of benzene rings is 1. The Labute approximate surface area is 189 Å². The minimum absolute atomic E-state index is 0.0128. The van der Waals surface area contributed by atoms with Crippen LogP contribution in [0, 0.1) is 25.2 Å². The quantitative estimate of drug-likeness (QED) is 0.318. The van der Waals surface area contributed by atoms with Crippen LogP contribution in [0.3, 0.4) is 0 Å². The van der Waals surface area contributed by atoms with Crippen LogP contribution in [0.15, 0.2) is 41.7 Å². The standard InChI is InChI=1S/C22H22N6O3S/c1-4-31-21(30)17-11-25-22(27-19(17)24)32-12-18(29)26-20-16(10-23)13(2)14(3)28(20)15-8-6-5-7-9-15/h5-9,11H,4,12H2,1-3H3,(H,26,29)(H2,24,25,27). The van der Waals surface area contributed by atoms with E-state index >= 15 is 0 Å².